The lowest BCUT2D eigenvalue weighted by molar-refractivity contribution is 0.693. The fraction of sp³-hybridized carbons (Fsp3) is 0.273. The Kier molecular flexibility index (Phi) is 4.38. The third-order valence-electron chi connectivity index (χ3n) is 2.15. The molecule has 4 heteroatoms. The number of halogens is 1. The van der Waals surface area contributed by atoms with Gasteiger partial charge >= 0.3 is 0 Å². The summed E-state index contributed by atoms with van der Waals surface area (Å²) in [5, 5.41) is 9.90. The van der Waals surface area contributed by atoms with Gasteiger partial charge in [0.2, 0.25) is 0 Å². The summed E-state index contributed by atoms with van der Waals surface area (Å²) in [5.41, 5.74) is 1.43. The van der Waals surface area contributed by atoms with E-state index in [1.54, 1.807) is 22.7 Å². The first-order valence-electron chi connectivity index (χ1n) is 4.80. The predicted molar refractivity (Wildman–Crippen MR) is 71.7 cm³/mol. The second kappa shape index (κ2) is 5.80. The number of thiophene rings is 2. The molecular weight excluding hydrogens is 290 g/mol. The van der Waals surface area contributed by atoms with Crippen molar-refractivity contribution in [3.8, 4) is 0 Å². The van der Waals surface area contributed by atoms with Crippen molar-refractivity contribution in [2.45, 2.75) is 13.0 Å². The van der Waals surface area contributed by atoms with Crippen LogP contribution in [-0.4, -0.2) is 6.54 Å². The summed E-state index contributed by atoms with van der Waals surface area (Å²) in [4.78, 5) is 1.38. The minimum absolute atomic E-state index is 0.961. The largest absolute Gasteiger partial charge is 0.311 e. The van der Waals surface area contributed by atoms with Gasteiger partial charge in [0.15, 0.2) is 0 Å². The number of rotatable bonds is 5. The Bertz CT molecular complexity index is 394. The van der Waals surface area contributed by atoms with Crippen molar-refractivity contribution in [2.75, 3.05) is 6.54 Å². The Balaban J connectivity index is 1.70. The van der Waals surface area contributed by atoms with Gasteiger partial charge in [0.25, 0.3) is 0 Å². The van der Waals surface area contributed by atoms with Crippen LogP contribution in [0.4, 0.5) is 0 Å². The van der Waals surface area contributed by atoms with E-state index in [1.165, 1.54) is 14.9 Å². The molecule has 0 aliphatic carbocycles. The van der Waals surface area contributed by atoms with Crippen molar-refractivity contribution in [3.05, 3.63) is 43.2 Å². The lowest BCUT2D eigenvalue weighted by atomic mass is 10.2. The van der Waals surface area contributed by atoms with E-state index >= 15 is 0 Å². The third kappa shape index (κ3) is 3.41. The average molecular weight is 302 g/mol. The van der Waals surface area contributed by atoms with Gasteiger partial charge in [0.1, 0.15) is 0 Å². The molecule has 2 heterocycles. The Labute approximate surface area is 106 Å². The second-order valence-electron chi connectivity index (χ2n) is 3.25. The Morgan fingerprint density at radius 3 is 2.87 bits per heavy atom. The van der Waals surface area contributed by atoms with Crippen LogP contribution in [0.1, 0.15) is 10.4 Å². The van der Waals surface area contributed by atoms with Crippen LogP contribution in [0.2, 0.25) is 0 Å². The minimum Gasteiger partial charge on any atom is -0.311 e. The van der Waals surface area contributed by atoms with Crippen LogP contribution in [0.15, 0.2) is 32.7 Å². The van der Waals surface area contributed by atoms with Gasteiger partial charge in [-0.2, -0.15) is 11.3 Å². The summed E-state index contributed by atoms with van der Waals surface area (Å²) in [6.45, 7) is 2.00. The van der Waals surface area contributed by atoms with Gasteiger partial charge in [-0.05, 0) is 62.7 Å². The second-order valence-corrected chi connectivity index (χ2v) is 5.89. The molecule has 0 spiro atoms. The van der Waals surface area contributed by atoms with Crippen molar-refractivity contribution < 1.29 is 0 Å². The molecule has 2 aromatic heterocycles. The molecule has 1 nitrogen and oxygen atoms in total. The smallest absolute Gasteiger partial charge is 0.0327 e. The Hall–Kier alpha value is -0.160. The summed E-state index contributed by atoms with van der Waals surface area (Å²) in [6.07, 6.45) is 1.12. The van der Waals surface area contributed by atoms with E-state index in [2.05, 4.69) is 49.5 Å². The van der Waals surface area contributed by atoms with Gasteiger partial charge in [0.05, 0.1) is 0 Å². The molecule has 0 fully saturated rings. The SMILES string of the molecule is Brc1ccsc1CNCCc1ccsc1. The van der Waals surface area contributed by atoms with E-state index in [4.69, 9.17) is 0 Å². The molecule has 2 aromatic rings. The van der Waals surface area contributed by atoms with Crippen LogP contribution in [0.3, 0.4) is 0 Å². The third-order valence-corrected chi connectivity index (χ3v) is 4.81. The fourth-order valence-corrected chi connectivity index (χ4v) is 3.49. The molecule has 0 saturated carbocycles. The van der Waals surface area contributed by atoms with E-state index in [0.29, 0.717) is 0 Å². The number of hydrogen-bond donors (Lipinski definition) is 1. The highest BCUT2D eigenvalue weighted by atomic mass is 79.9. The first-order valence-corrected chi connectivity index (χ1v) is 7.41. The molecule has 1 N–H and O–H groups in total. The quantitative estimate of drug-likeness (QED) is 0.826. The maximum Gasteiger partial charge on any atom is 0.0327 e. The summed E-state index contributed by atoms with van der Waals surface area (Å²) in [6, 6.07) is 4.29. The highest BCUT2D eigenvalue weighted by Gasteiger charge is 2.00. The molecule has 2 rings (SSSR count). The van der Waals surface area contributed by atoms with Crippen molar-refractivity contribution in [3.63, 3.8) is 0 Å². The first kappa shape index (κ1) is 11.3. The summed E-state index contributed by atoms with van der Waals surface area (Å²) in [7, 11) is 0. The highest BCUT2D eigenvalue weighted by molar-refractivity contribution is 9.10. The zero-order valence-electron chi connectivity index (χ0n) is 8.20. The fourth-order valence-electron chi connectivity index (χ4n) is 1.32. The number of hydrogen-bond acceptors (Lipinski definition) is 3. The first-order chi connectivity index (χ1) is 7.36. The molecule has 0 bridgehead atoms. The average Bonchev–Trinajstić information content (AvgIpc) is 2.85. The predicted octanol–water partition coefficient (Wildman–Crippen LogP) is 3.90. The van der Waals surface area contributed by atoms with Gasteiger partial charge in [0, 0.05) is 15.9 Å². The molecule has 0 aromatic carbocycles. The van der Waals surface area contributed by atoms with E-state index in [-0.39, 0.29) is 0 Å². The van der Waals surface area contributed by atoms with Crippen LogP contribution >= 0.6 is 38.6 Å². The maximum absolute atomic E-state index is 3.53. The van der Waals surface area contributed by atoms with E-state index in [1.807, 2.05) is 0 Å². The van der Waals surface area contributed by atoms with Crippen molar-refractivity contribution in [1.82, 2.24) is 5.32 Å². The van der Waals surface area contributed by atoms with Gasteiger partial charge in [-0.15, -0.1) is 11.3 Å². The molecule has 15 heavy (non-hydrogen) atoms. The van der Waals surface area contributed by atoms with Crippen molar-refractivity contribution >= 4 is 38.6 Å². The Morgan fingerprint density at radius 2 is 2.20 bits per heavy atom. The molecule has 0 atom stereocenters. The Morgan fingerprint density at radius 1 is 1.27 bits per heavy atom. The van der Waals surface area contributed by atoms with E-state index < -0.39 is 0 Å². The minimum atomic E-state index is 0.961. The van der Waals surface area contributed by atoms with Crippen molar-refractivity contribution in [2.24, 2.45) is 0 Å². The number of nitrogens with one attached hydrogen (secondary N) is 1. The van der Waals surface area contributed by atoms with Crippen LogP contribution < -0.4 is 5.32 Å². The van der Waals surface area contributed by atoms with E-state index in [0.717, 1.165) is 19.5 Å². The lowest BCUT2D eigenvalue weighted by Gasteiger charge is -2.02. The molecule has 0 aliphatic rings. The van der Waals surface area contributed by atoms with Gasteiger partial charge in [-0.25, -0.2) is 0 Å². The molecule has 0 saturated heterocycles. The van der Waals surface area contributed by atoms with Crippen LogP contribution in [0.5, 0.6) is 0 Å². The molecule has 0 unspecified atom stereocenters. The summed E-state index contributed by atoms with van der Waals surface area (Å²) >= 11 is 7.08. The van der Waals surface area contributed by atoms with Crippen LogP contribution in [0, 0.1) is 0 Å². The maximum atomic E-state index is 3.53. The van der Waals surface area contributed by atoms with Gasteiger partial charge in [-0.1, -0.05) is 0 Å². The topological polar surface area (TPSA) is 12.0 Å². The van der Waals surface area contributed by atoms with Crippen molar-refractivity contribution in [1.29, 1.82) is 0 Å². The molecular formula is C11H12BrNS2. The molecule has 0 aliphatic heterocycles. The zero-order chi connectivity index (χ0) is 10.5. The molecule has 0 amide bonds. The highest BCUT2D eigenvalue weighted by Crippen LogP contribution is 2.22. The van der Waals surface area contributed by atoms with Crippen LogP contribution in [0.25, 0.3) is 0 Å². The zero-order valence-corrected chi connectivity index (χ0v) is 11.4. The monoisotopic (exact) mass is 301 g/mol. The summed E-state index contributed by atoms with van der Waals surface area (Å²) < 4.78 is 1.22. The molecule has 80 valence electrons. The molecule has 0 radical (unpaired) electrons. The standard InChI is InChI=1S/C11H12BrNS2/c12-10-3-6-15-11(10)7-13-4-1-9-2-5-14-8-9/h2-3,5-6,8,13H,1,4,7H2. The van der Waals surface area contributed by atoms with Crippen LogP contribution in [-0.2, 0) is 13.0 Å². The van der Waals surface area contributed by atoms with Gasteiger partial charge in [-0.3, -0.25) is 0 Å². The van der Waals surface area contributed by atoms with Gasteiger partial charge < -0.3 is 5.32 Å². The lowest BCUT2D eigenvalue weighted by Crippen LogP contribution is -2.15. The normalized spacial score (nSPS) is 10.7. The van der Waals surface area contributed by atoms with E-state index in [9.17, 15) is 0 Å². The summed E-state index contributed by atoms with van der Waals surface area (Å²) in [5.74, 6) is 0.